The Hall–Kier alpha value is -2.05. The Bertz CT molecular complexity index is 875. The minimum Gasteiger partial charge on any atom is -0.454 e. The molecule has 126 valence electrons. The average molecular weight is 345 g/mol. The second-order valence-corrected chi connectivity index (χ2v) is 8.00. The SMILES string of the molecule is CCc1ccc(S(=O)(=O)N2CCc3cc4c(cc3C2)OCO4)cc1. The first-order chi connectivity index (χ1) is 11.6. The molecule has 0 saturated heterocycles. The van der Waals surface area contributed by atoms with Crippen molar-refractivity contribution in [3.05, 3.63) is 53.1 Å². The van der Waals surface area contributed by atoms with Crippen molar-refractivity contribution in [1.82, 2.24) is 4.31 Å². The van der Waals surface area contributed by atoms with Gasteiger partial charge in [-0.1, -0.05) is 19.1 Å². The van der Waals surface area contributed by atoms with Crippen LogP contribution in [-0.4, -0.2) is 26.1 Å². The molecule has 0 aromatic heterocycles. The molecular formula is C18H19NO4S. The van der Waals surface area contributed by atoms with Crippen LogP contribution >= 0.6 is 0 Å². The van der Waals surface area contributed by atoms with Crippen molar-refractivity contribution in [2.45, 2.75) is 31.2 Å². The fourth-order valence-electron chi connectivity index (χ4n) is 3.17. The summed E-state index contributed by atoms with van der Waals surface area (Å²) in [6.07, 6.45) is 1.57. The van der Waals surface area contributed by atoms with Gasteiger partial charge in [0.05, 0.1) is 4.90 Å². The number of hydrogen-bond donors (Lipinski definition) is 0. The molecule has 0 spiro atoms. The average Bonchev–Trinajstić information content (AvgIpc) is 3.06. The normalized spacial score (nSPS) is 16.9. The number of hydrogen-bond acceptors (Lipinski definition) is 4. The summed E-state index contributed by atoms with van der Waals surface area (Å²) in [7, 11) is -3.48. The van der Waals surface area contributed by atoms with Gasteiger partial charge in [-0.2, -0.15) is 4.31 Å². The molecule has 24 heavy (non-hydrogen) atoms. The predicted octanol–water partition coefficient (Wildman–Crippen LogP) is 2.72. The molecule has 0 saturated carbocycles. The van der Waals surface area contributed by atoms with Crippen LogP contribution in [0.3, 0.4) is 0 Å². The summed E-state index contributed by atoms with van der Waals surface area (Å²) in [5, 5.41) is 0. The maximum Gasteiger partial charge on any atom is 0.243 e. The van der Waals surface area contributed by atoms with E-state index in [-0.39, 0.29) is 6.79 Å². The van der Waals surface area contributed by atoms with E-state index in [9.17, 15) is 8.42 Å². The monoisotopic (exact) mass is 345 g/mol. The standard InChI is InChI=1S/C18H19NO4S/c1-2-13-3-5-16(6-4-13)24(20,21)19-8-7-14-9-17-18(23-12-22-17)10-15(14)11-19/h3-6,9-10H,2,7-8,11-12H2,1H3. The molecule has 2 aromatic rings. The number of fused-ring (bicyclic) bond motifs is 2. The highest BCUT2D eigenvalue weighted by molar-refractivity contribution is 7.89. The van der Waals surface area contributed by atoms with E-state index in [1.54, 1.807) is 16.4 Å². The highest BCUT2D eigenvalue weighted by atomic mass is 32.2. The summed E-state index contributed by atoms with van der Waals surface area (Å²) in [5.41, 5.74) is 3.25. The molecule has 2 heterocycles. The molecule has 6 heteroatoms. The van der Waals surface area contributed by atoms with Crippen molar-refractivity contribution < 1.29 is 17.9 Å². The van der Waals surface area contributed by atoms with Crippen LogP contribution in [0.1, 0.15) is 23.6 Å². The van der Waals surface area contributed by atoms with Crippen LogP contribution in [0.4, 0.5) is 0 Å². The van der Waals surface area contributed by atoms with Crippen molar-refractivity contribution in [1.29, 1.82) is 0 Å². The molecule has 0 N–H and O–H groups in total. The molecule has 0 unspecified atom stereocenters. The Labute approximate surface area is 141 Å². The first-order valence-corrected chi connectivity index (χ1v) is 9.52. The number of sulfonamides is 1. The van der Waals surface area contributed by atoms with Gasteiger partial charge in [-0.05, 0) is 53.8 Å². The van der Waals surface area contributed by atoms with Crippen molar-refractivity contribution in [3.63, 3.8) is 0 Å². The smallest absolute Gasteiger partial charge is 0.243 e. The summed E-state index contributed by atoms with van der Waals surface area (Å²) in [6, 6.07) is 11.0. The second kappa shape index (κ2) is 5.79. The minimum atomic E-state index is -3.48. The van der Waals surface area contributed by atoms with Crippen LogP contribution in [-0.2, 0) is 29.4 Å². The van der Waals surface area contributed by atoms with E-state index in [2.05, 4.69) is 6.92 Å². The summed E-state index contributed by atoms with van der Waals surface area (Å²) in [6.45, 7) is 3.12. The van der Waals surface area contributed by atoms with Crippen LogP contribution in [0.15, 0.2) is 41.3 Å². The summed E-state index contributed by atoms with van der Waals surface area (Å²) in [4.78, 5) is 0.351. The molecule has 2 aliphatic heterocycles. The zero-order chi connectivity index (χ0) is 16.7. The predicted molar refractivity (Wildman–Crippen MR) is 89.7 cm³/mol. The lowest BCUT2D eigenvalue weighted by atomic mass is 10.0. The topological polar surface area (TPSA) is 55.8 Å². The minimum absolute atomic E-state index is 0.226. The van der Waals surface area contributed by atoms with E-state index in [1.165, 1.54) is 0 Å². The Morgan fingerprint density at radius 3 is 2.38 bits per heavy atom. The molecule has 0 radical (unpaired) electrons. The van der Waals surface area contributed by atoms with Crippen LogP contribution in [0.25, 0.3) is 0 Å². The van der Waals surface area contributed by atoms with E-state index in [0.29, 0.717) is 30.2 Å². The number of aryl methyl sites for hydroxylation is 1. The van der Waals surface area contributed by atoms with Crippen LogP contribution in [0.2, 0.25) is 0 Å². The van der Waals surface area contributed by atoms with E-state index >= 15 is 0 Å². The van der Waals surface area contributed by atoms with E-state index in [0.717, 1.165) is 28.9 Å². The molecule has 0 bridgehead atoms. The summed E-state index contributed by atoms with van der Waals surface area (Å²) < 4.78 is 38.1. The van der Waals surface area contributed by atoms with Gasteiger partial charge in [0.25, 0.3) is 0 Å². The van der Waals surface area contributed by atoms with Gasteiger partial charge in [0.2, 0.25) is 16.8 Å². The summed E-state index contributed by atoms with van der Waals surface area (Å²) >= 11 is 0. The van der Waals surface area contributed by atoms with Gasteiger partial charge >= 0.3 is 0 Å². The van der Waals surface area contributed by atoms with E-state index < -0.39 is 10.0 Å². The Morgan fingerprint density at radius 1 is 1.04 bits per heavy atom. The third-order valence-corrected chi connectivity index (χ3v) is 6.50. The lowest BCUT2D eigenvalue weighted by molar-refractivity contribution is 0.174. The van der Waals surface area contributed by atoms with Crippen LogP contribution in [0.5, 0.6) is 11.5 Å². The first kappa shape index (κ1) is 15.5. The molecule has 0 aliphatic carbocycles. The van der Waals surface area contributed by atoms with Gasteiger partial charge in [0.15, 0.2) is 11.5 Å². The van der Waals surface area contributed by atoms with Gasteiger partial charge in [-0.3, -0.25) is 0 Å². The lowest BCUT2D eigenvalue weighted by Crippen LogP contribution is -2.35. The van der Waals surface area contributed by atoms with Gasteiger partial charge in [0, 0.05) is 13.1 Å². The van der Waals surface area contributed by atoms with Crippen molar-refractivity contribution in [2.24, 2.45) is 0 Å². The molecule has 0 fully saturated rings. The molecule has 0 atom stereocenters. The van der Waals surface area contributed by atoms with Crippen molar-refractivity contribution in [2.75, 3.05) is 13.3 Å². The number of benzene rings is 2. The van der Waals surface area contributed by atoms with Crippen LogP contribution < -0.4 is 9.47 Å². The third kappa shape index (κ3) is 2.56. The maximum absolute atomic E-state index is 12.9. The number of rotatable bonds is 3. The highest BCUT2D eigenvalue weighted by Crippen LogP contribution is 2.37. The molecule has 0 amide bonds. The molecule has 2 aliphatic rings. The number of ether oxygens (including phenoxy) is 2. The Kier molecular flexibility index (Phi) is 3.73. The van der Waals surface area contributed by atoms with Crippen molar-refractivity contribution in [3.8, 4) is 11.5 Å². The van der Waals surface area contributed by atoms with E-state index in [4.69, 9.17) is 9.47 Å². The second-order valence-electron chi connectivity index (χ2n) is 6.06. The van der Waals surface area contributed by atoms with Crippen LogP contribution in [0, 0.1) is 0 Å². The first-order valence-electron chi connectivity index (χ1n) is 8.08. The van der Waals surface area contributed by atoms with Gasteiger partial charge < -0.3 is 9.47 Å². The quantitative estimate of drug-likeness (QED) is 0.858. The molecular weight excluding hydrogens is 326 g/mol. The molecule has 4 rings (SSSR count). The summed E-state index contributed by atoms with van der Waals surface area (Å²) in [5.74, 6) is 1.44. The van der Waals surface area contributed by atoms with Gasteiger partial charge in [-0.25, -0.2) is 8.42 Å². The lowest BCUT2D eigenvalue weighted by Gasteiger charge is -2.28. The Morgan fingerprint density at radius 2 is 1.71 bits per heavy atom. The number of nitrogens with zero attached hydrogens (tertiary/aromatic N) is 1. The van der Waals surface area contributed by atoms with Gasteiger partial charge in [-0.15, -0.1) is 0 Å². The fraction of sp³-hybridized carbons (Fsp3) is 0.333. The van der Waals surface area contributed by atoms with Gasteiger partial charge in [0.1, 0.15) is 0 Å². The fourth-order valence-corrected chi connectivity index (χ4v) is 4.59. The third-order valence-electron chi connectivity index (χ3n) is 4.64. The highest BCUT2D eigenvalue weighted by Gasteiger charge is 2.30. The molecule has 5 nitrogen and oxygen atoms in total. The Balaban J connectivity index is 1.63. The maximum atomic E-state index is 12.9. The zero-order valence-electron chi connectivity index (χ0n) is 13.5. The van der Waals surface area contributed by atoms with Crippen molar-refractivity contribution >= 4 is 10.0 Å². The molecule has 2 aromatic carbocycles. The largest absolute Gasteiger partial charge is 0.454 e. The zero-order valence-corrected chi connectivity index (χ0v) is 14.3. The van der Waals surface area contributed by atoms with E-state index in [1.807, 2.05) is 24.3 Å².